The van der Waals surface area contributed by atoms with Gasteiger partial charge in [-0.15, -0.1) is 0 Å². The molecule has 0 amide bonds. The Morgan fingerprint density at radius 3 is 1.70 bits per heavy atom. The van der Waals surface area contributed by atoms with Gasteiger partial charge in [0.1, 0.15) is 0 Å². The summed E-state index contributed by atoms with van der Waals surface area (Å²) in [7, 11) is 0. The van der Waals surface area contributed by atoms with Crippen LogP contribution in [0.15, 0.2) is 60.7 Å². The Balaban J connectivity index is 0.00000135. The summed E-state index contributed by atoms with van der Waals surface area (Å²) in [6.07, 6.45) is 11.2. The Labute approximate surface area is 155 Å². The second kappa shape index (κ2) is 5.86. The van der Waals surface area contributed by atoms with Crippen molar-refractivity contribution in [1.82, 2.24) is 0 Å². The van der Waals surface area contributed by atoms with Gasteiger partial charge in [0.05, 0.1) is 0 Å². The molecule has 2 heteroatoms. The normalized spacial score (nSPS) is 28.9. The van der Waals surface area contributed by atoms with Crippen LogP contribution in [-0.2, 0) is 22.9 Å². The summed E-state index contributed by atoms with van der Waals surface area (Å²) in [5.74, 6) is 1.34. The smallest absolute Gasteiger partial charge is 1.00 e. The van der Waals surface area contributed by atoms with E-state index < -0.39 is 22.9 Å². The van der Waals surface area contributed by atoms with Gasteiger partial charge in [-0.2, -0.15) is 0 Å². The van der Waals surface area contributed by atoms with E-state index in [1.54, 1.807) is 15.3 Å². The van der Waals surface area contributed by atoms with Crippen molar-refractivity contribution in [3.05, 3.63) is 82.9 Å². The minimum atomic E-state index is -0.578. The summed E-state index contributed by atoms with van der Waals surface area (Å²) in [6, 6.07) is 18.1. The quantitative estimate of drug-likeness (QED) is 0.576. The molecule has 2 aromatic carbocycles. The molecule has 3 aliphatic rings. The largest absolute Gasteiger partial charge is 1.00 e. The molecule has 5 rings (SSSR count). The van der Waals surface area contributed by atoms with Crippen molar-refractivity contribution in [2.45, 2.75) is 25.6 Å². The number of hydrogen-bond donors (Lipinski definition) is 0. The summed E-state index contributed by atoms with van der Waals surface area (Å²) >= 11 is -0.578. The van der Waals surface area contributed by atoms with Crippen LogP contribution < -0.4 is 12.4 Å². The molecule has 0 saturated carbocycles. The predicted molar refractivity (Wildman–Crippen MR) is 88.6 cm³/mol. The molecule has 0 bridgehead atoms. The fourth-order valence-electron chi connectivity index (χ4n) is 4.54. The van der Waals surface area contributed by atoms with E-state index in [0.717, 1.165) is 0 Å². The second-order valence-corrected chi connectivity index (χ2v) is 13.1. The first-order chi connectivity index (χ1) is 10.9. The fraction of sp³-hybridized carbons (Fsp3) is 0.238. The van der Waals surface area contributed by atoms with Crippen LogP contribution in [0.2, 0.25) is 7.35 Å². The van der Waals surface area contributed by atoms with E-state index in [1.165, 1.54) is 17.5 Å². The molecule has 0 spiro atoms. The average Bonchev–Trinajstić information content (AvgIpc) is 3.13. The third-order valence-corrected chi connectivity index (χ3v) is 13.0. The number of hydrogen-bond acceptors (Lipinski definition) is 0. The van der Waals surface area contributed by atoms with Crippen molar-refractivity contribution in [3.63, 3.8) is 0 Å². The van der Waals surface area contributed by atoms with Crippen LogP contribution in [0.1, 0.15) is 40.5 Å². The van der Waals surface area contributed by atoms with E-state index in [4.69, 9.17) is 0 Å². The van der Waals surface area contributed by atoms with Gasteiger partial charge in [-0.25, -0.2) is 0 Å². The topological polar surface area (TPSA) is 0 Å². The van der Waals surface area contributed by atoms with Crippen LogP contribution in [0, 0.1) is 0 Å². The molecule has 23 heavy (non-hydrogen) atoms. The molecule has 2 aliphatic carbocycles. The molecule has 2 aromatic rings. The Hall–Kier alpha value is -0.920. The SMILES string of the molecule is C1=CC([C]2(C3C=Cc4ccccc43)C[CH2][Hf+]2)c2ccccc21.[Cl-]. The van der Waals surface area contributed by atoms with Crippen molar-refractivity contribution in [1.29, 1.82) is 0 Å². The average molecular weight is 484 g/mol. The van der Waals surface area contributed by atoms with Gasteiger partial charge in [0.25, 0.3) is 0 Å². The second-order valence-electron chi connectivity index (χ2n) is 6.65. The van der Waals surface area contributed by atoms with Gasteiger partial charge in [0.15, 0.2) is 0 Å². The Kier molecular flexibility index (Phi) is 3.98. The number of allylic oxidation sites excluding steroid dienone is 2. The standard InChI is InChI=1S/C21H18.ClH.Hf/c1-2-17(20-13-11-15-7-3-5-9-18(15)20)21-14-12-16-8-4-6-10-19(16)21;;/h3-14,20-21H,1-2H2;1H;/q;;+1/p-1. The zero-order valence-electron chi connectivity index (χ0n) is 12.9. The van der Waals surface area contributed by atoms with Crippen molar-refractivity contribution in [2.24, 2.45) is 0 Å². The van der Waals surface area contributed by atoms with E-state index in [-0.39, 0.29) is 12.4 Å². The van der Waals surface area contributed by atoms with Gasteiger partial charge in [-0.3, -0.25) is 0 Å². The molecule has 2 atom stereocenters. The van der Waals surface area contributed by atoms with Crippen LogP contribution >= 0.6 is 0 Å². The van der Waals surface area contributed by atoms with Crippen molar-refractivity contribution >= 4 is 12.2 Å². The third-order valence-electron chi connectivity index (χ3n) is 5.70. The molecule has 1 saturated heterocycles. The van der Waals surface area contributed by atoms with Gasteiger partial charge >= 0.3 is 144 Å². The summed E-state index contributed by atoms with van der Waals surface area (Å²) < 4.78 is 2.16. The molecule has 0 nitrogen and oxygen atoms in total. The van der Waals surface area contributed by atoms with Crippen molar-refractivity contribution < 1.29 is 35.3 Å². The molecule has 2 unspecified atom stereocenters. The number of halogens is 1. The minimum Gasteiger partial charge on any atom is -1.00 e. The van der Waals surface area contributed by atoms with Crippen LogP contribution in [0.5, 0.6) is 0 Å². The Morgan fingerprint density at radius 2 is 1.26 bits per heavy atom. The number of benzene rings is 2. The minimum absolute atomic E-state index is 0. The molecule has 113 valence electrons. The molecule has 0 N–H and O–H groups in total. The molecular formula is C21H18ClHf. The molecule has 0 aromatic heterocycles. The first-order valence-electron chi connectivity index (χ1n) is 8.18. The maximum absolute atomic E-state index is 2.52. The van der Waals surface area contributed by atoms with Gasteiger partial charge in [0, 0.05) is 0 Å². The number of fused-ring (bicyclic) bond motifs is 2. The van der Waals surface area contributed by atoms with Crippen molar-refractivity contribution in [2.75, 3.05) is 0 Å². The van der Waals surface area contributed by atoms with Crippen molar-refractivity contribution in [3.8, 4) is 0 Å². The fourth-order valence-corrected chi connectivity index (χ4v) is 10.9. The predicted octanol–water partition coefficient (Wildman–Crippen LogP) is 2.67. The Morgan fingerprint density at radius 1 is 0.783 bits per heavy atom. The molecule has 1 heterocycles. The summed E-state index contributed by atoms with van der Waals surface area (Å²) in [5.41, 5.74) is 6.09. The summed E-state index contributed by atoms with van der Waals surface area (Å²) in [6.45, 7) is 0. The van der Waals surface area contributed by atoms with Gasteiger partial charge in [-0.1, -0.05) is 0 Å². The first-order valence-corrected chi connectivity index (χ1v) is 12.5. The van der Waals surface area contributed by atoms with Crippen LogP contribution in [0.3, 0.4) is 0 Å². The maximum Gasteiger partial charge on any atom is -1.00 e. The number of rotatable bonds is 2. The van der Waals surface area contributed by atoms with E-state index in [1.807, 2.05) is 0 Å². The van der Waals surface area contributed by atoms with E-state index in [2.05, 4.69) is 72.8 Å². The van der Waals surface area contributed by atoms with E-state index in [0.29, 0.717) is 15.0 Å². The maximum atomic E-state index is 2.52. The summed E-state index contributed by atoms with van der Waals surface area (Å²) in [5, 5.41) is 0. The monoisotopic (exact) mass is 485 g/mol. The zero-order chi connectivity index (χ0) is 14.6. The van der Waals surface area contributed by atoms with E-state index in [9.17, 15) is 0 Å². The third kappa shape index (κ3) is 2.20. The first kappa shape index (κ1) is 15.6. The molecule has 0 radical (unpaired) electrons. The van der Waals surface area contributed by atoms with E-state index >= 15 is 0 Å². The van der Waals surface area contributed by atoms with Crippen LogP contribution in [0.4, 0.5) is 0 Å². The van der Waals surface area contributed by atoms with Gasteiger partial charge < -0.3 is 12.4 Å². The zero-order valence-corrected chi connectivity index (χ0v) is 17.2. The molecular weight excluding hydrogens is 466 g/mol. The van der Waals surface area contributed by atoms with Gasteiger partial charge in [-0.05, 0) is 0 Å². The van der Waals surface area contributed by atoms with Crippen LogP contribution in [-0.4, -0.2) is 0 Å². The molecule has 1 aliphatic heterocycles. The van der Waals surface area contributed by atoms with Gasteiger partial charge in [0.2, 0.25) is 0 Å². The Bertz CT molecular complexity index is 737. The van der Waals surface area contributed by atoms with Crippen LogP contribution in [0.25, 0.3) is 12.2 Å². The molecule has 1 fully saturated rings. The summed E-state index contributed by atoms with van der Waals surface area (Å²) in [4.78, 5) is 0.